The second-order valence-electron chi connectivity index (χ2n) is 11.0. The van der Waals surface area contributed by atoms with E-state index in [4.69, 9.17) is 9.31 Å². The van der Waals surface area contributed by atoms with Gasteiger partial charge in [0.1, 0.15) is 0 Å². The van der Waals surface area contributed by atoms with Gasteiger partial charge in [0, 0.05) is 0 Å². The van der Waals surface area contributed by atoms with E-state index in [1.807, 2.05) is 18.2 Å². The van der Waals surface area contributed by atoms with Gasteiger partial charge in [0.25, 0.3) is 0 Å². The van der Waals surface area contributed by atoms with Crippen molar-refractivity contribution in [2.45, 2.75) is 84.0 Å². The molecule has 0 radical (unpaired) electrons. The van der Waals surface area contributed by atoms with E-state index < -0.39 is 7.12 Å². The number of carbonyl (C=O) groups excluding carboxylic acids is 1. The molecule has 7 atom stereocenters. The van der Waals surface area contributed by atoms with Gasteiger partial charge < -0.3 is 14.6 Å². The maximum Gasteiger partial charge on any atom is 0.481 e. The standard InChI is InChI=1S/C24H38BN2O3P/c1-15(2)11-21(26-22(28)18(27-31)12-16-9-7-6-8-10-16)25-29-20-14-17-13-19(23(17,3)4)24(20,5)30-25/h6-10,15,17-21,27H,11-14,31H2,1-5H3,(H,26,28)/t17-,18-,19-,20+,21?,24-/m0/s1. The highest BCUT2D eigenvalue weighted by molar-refractivity contribution is 7.13. The van der Waals surface area contributed by atoms with Gasteiger partial charge in [0.05, 0.1) is 23.7 Å². The van der Waals surface area contributed by atoms with E-state index in [9.17, 15) is 4.79 Å². The van der Waals surface area contributed by atoms with E-state index in [0.29, 0.717) is 29.6 Å². The molecule has 170 valence electrons. The fourth-order valence-corrected chi connectivity index (χ4v) is 6.45. The number of benzene rings is 1. The lowest BCUT2D eigenvalue weighted by molar-refractivity contribution is -0.199. The molecule has 1 aromatic rings. The van der Waals surface area contributed by atoms with Crippen LogP contribution in [0.25, 0.3) is 0 Å². The maximum absolute atomic E-state index is 13.2. The third-order valence-corrected chi connectivity index (χ3v) is 8.55. The van der Waals surface area contributed by atoms with Crippen LogP contribution in [-0.4, -0.2) is 36.7 Å². The van der Waals surface area contributed by atoms with Gasteiger partial charge in [-0.3, -0.25) is 9.88 Å². The summed E-state index contributed by atoms with van der Waals surface area (Å²) in [6.07, 6.45) is 3.87. The summed E-state index contributed by atoms with van der Waals surface area (Å²) in [5.41, 5.74) is 1.18. The predicted octanol–water partition coefficient (Wildman–Crippen LogP) is 3.78. The van der Waals surface area contributed by atoms with Crippen molar-refractivity contribution in [1.82, 2.24) is 10.4 Å². The minimum Gasteiger partial charge on any atom is -0.404 e. The van der Waals surface area contributed by atoms with Crippen LogP contribution in [0, 0.1) is 23.2 Å². The van der Waals surface area contributed by atoms with Gasteiger partial charge in [-0.25, -0.2) is 0 Å². The Morgan fingerprint density at radius 3 is 2.55 bits per heavy atom. The Morgan fingerprint density at radius 2 is 1.94 bits per heavy atom. The minimum absolute atomic E-state index is 0.0126. The van der Waals surface area contributed by atoms with E-state index in [0.717, 1.165) is 18.4 Å². The molecule has 2 unspecified atom stereocenters. The molecule has 4 aliphatic rings. The van der Waals surface area contributed by atoms with Crippen LogP contribution >= 0.6 is 9.39 Å². The van der Waals surface area contributed by atoms with E-state index in [1.54, 1.807) is 0 Å². The van der Waals surface area contributed by atoms with Crippen LogP contribution in [0.5, 0.6) is 0 Å². The zero-order valence-corrected chi connectivity index (χ0v) is 20.7. The number of amides is 1. The van der Waals surface area contributed by atoms with Crippen molar-refractivity contribution in [1.29, 1.82) is 0 Å². The molecule has 2 N–H and O–H groups in total. The van der Waals surface area contributed by atoms with Crippen LogP contribution in [0.1, 0.15) is 59.4 Å². The van der Waals surface area contributed by atoms with Crippen molar-refractivity contribution in [3.05, 3.63) is 35.9 Å². The van der Waals surface area contributed by atoms with Crippen LogP contribution in [0.4, 0.5) is 0 Å². The van der Waals surface area contributed by atoms with Crippen molar-refractivity contribution in [3.63, 3.8) is 0 Å². The largest absolute Gasteiger partial charge is 0.481 e. The highest BCUT2D eigenvalue weighted by atomic mass is 31.0. The molecule has 0 spiro atoms. The molecular weight excluding hydrogens is 406 g/mol. The zero-order valence-electron chi connectivity index (χ0n) is 19.6. The molecule has 0 aromatic heterocycles. The Kier molecular flexibility index (Phi) is 6.58. The number of carbonyl (C=O) groups is 1. The summed E-state index contributed by atoms with van der Waals surface area (Å²) in [4.78, 5) is 13.2. The molecule has 1 heterocycles. The Bertz CT molecular complexity index is 792. The molecule has 1 saturated heterocycles. The highest BCUT2D eigenvalue weighted by Gasteiger charge is 2.68. The zero-order chi connectivity index (χ0) is 22.4. The van der Waals surface area contributed by atoms with Crippen molar-refractivity contribution < 1.29 is 14.1 Å². The van der Waals surface area contributed by atoms with Crippen molar-refractivity contribution in [3.8, 4) is 0 Å². The summed E-state index contributed by atoms with van der Waals surface area (Å²) in [6, 6.07) is 9.78. The highest BCUT2D eigenvalue weighted by Crippen LogP contribution is 2.65. The first-order chi connectivity index (χ1) is 14.6. The van der Waals surface area contributed by atoms with E-state index in [1.165, 1.54) is 6.42 Å². The van der Waals surface area contributed by atoms with Gasteiger partial charge in [-0.1, -0.05) is 67.4 Å². The number of nitrogens with one attached hydrogen (secondary N) is 2. The second-order valence-corrected chi connectivity index (χ2v) is 11.3. The average molecular weight is 444 g/mol. The van der Waals surface area contributed by atoms with Gasteiger partial charge >= 0.3 is 7.12 Å². The molecule has 1 amide bonds. The lowest BCUT2D eigenvalue weighted by atomic mass is 9.43. The van der Waals surface area contributed by atoms with Crippen LogP contribution in [0.15, 0.2) is 30.3 Å². The number of rotatable bonds is 8. The molecular formula is C24H38BN2O3P. The minimum atomic E-state index is -0.390. The van der Waals surface area contributed by atoms with Crippen molar-refractivity contribution in [2.75, 3.05) is 0 Å². The van der Waals surface area contributed by atoms with Crippen LogP contribution in [0.3, 0.4) is 0 Å². The monoisotopic (exact) mass is 444 g/mol. The molecule has 4 fully saturated rings. The van der Waals surface area contributed by atoms with Crippen molar-refractivity contribution in [2.24, 2.45) is 23.2 Å². The molecule has 7 heteroatoms. The Morgan fingerprint density at radius 1 is 1.23 bits per heavy atom. The molecule has 2 bridgehead atoms. The molecule has 1 aliphatic heterocycles. The first kappa shape index (κ1) is 23.2. The summed E-state index contributed by atoms with van der Waals surface area (Å²) >= 11 is 0. The van der Waals surface area contributed by atoms with Crippen LogP contribution < -0.4 is 10.4 Å². The summed E-state index contributed by atoms with van der Waals surface area (Å²) in [6.45, 7) is 11.3. The normalized spacial score (nSPS) is 32.9. The first-order valence-corrected chi connectivity index (χ1v) is 12.4. The molecule has 1 aromatic carbocycles. The van der Waals surface area contributed by atoms with Gasteiger partial charge in [0.15, 0.2) is 0 Å². The third-order valence-electron chi connectivity index (χ3n) is 8.15. The fourth-order valence-electron chi connectivity index (χ4n) is 6.18. The molecule has 5 rings (SSSR count). The lowest BCUT2D eigenvalue weighted by Gasteiger charge is -2.64. The van der Waals surface area contributed by atoms with Crippen LogP contribution in [-0.2, 0) is 20.5 Å². The fraction of sp³-hybridized carbons (Fsp3) is 0.708. The van der Waals surface area contributed by atoms with Crippen LogP contribution in [0.2, 0.25) is 0 Å². The topological polar surface area (TPSA) is 59.6 Å². The molecule has 3 aliphatic carbocycles. The summed E-state index contributed by atoms with van der Waals surface area (Å²) < 4.78 is 13.2. The second kappa shape index (κ2) is 8.78. The number of hydrogen-bond donors (Lipinski definition) is 2. The Labute approximate surface area is 190 Å². The number of hydrogen-bond acceptors (Lipinski definition) is 4. The van der Waals surface area contributed by atoms with Crippen molar-refractivity contribution >= 4 is 22.4 Å². The van der Waals surface area contributed by atoms with E-state index >= 15 is 0 Å². The maximum atomic E-state index is 13.2. The Hall–Kier alpha value is -0.935. The third kappa shape index (κ3) is 4.34. The van der Waals surface area contributed by atoms with Gasteiger partial charge in [-0.05, 0) is 61.3 Å². The summed E-state index contributed by atoms with van der Waals surface area (Å²) in [5, 5.41) is 6.38. The van der Waals surface area contributed by atoms with Gasteiger partial charge in [-0.15, -0.1) is 0 Å². The Balaban J connectivity index is 1.46. The quantitative estimate of drug-likeness (QED) is 0.474. The SMILES string of the molecule is CC(C)CC(NC(=O)[C@H](Cc1ccccc1)NP)B1O[C@@H]2C[C@@H]3C[C@@H](C3(C)C)[C@]2(C)O1. The molecule has 3 saturated carbocycles. The lowest BCUT2D eigenvalue weighted by Crippen LogP contribution is -2.65. The van der Waals surface area contributed by atoms with Gasteiger partial charge in [0.2, 0.25) is 5.91 Å². The smallest absolute Gasteiger partial charge is 0.404 e. The van der Waals surface area contributed by atoms with E-state index in [2.05, 4.69) is 66.5 Å². The average Bonchev–Trinajstić information content (AvgIpc) is 3.08. The first-order valence-electron chi connectivity index (χ1n) is 11.8. The summed E-state index contributed by atoms with van der Waals surface area (Å²) in [5.74, 6) is 1.49. The molecule has 5 nitrogen and oxygen atoms in total. The predicted molar refractivity (Wildman–Crippen MR) is 128 cm³/mol. The molecule has 31 heavy (non-hydrogen) atoms. The van der Waals surface area contributed by atoms with Gasteiger partial charge in [-0.2, -0.15) is 0 Å². The van der Waals surface area contributed by atoms with E-state index in [-0.39, 0.29) is 29.6 Å². The summed E-state index contributed by atoms with van der Waals surface area (Å²) in [7, 11) is 2.11.